The van der Waals surface area contributed by atoms with Gasteiger partial charge in [-0.15, -0.1) is 0 Å². The topological polar surface area (TPSA) is 81.4 Å². The number of rotatable bonds is 7. The number of pyridine rings is 1. The lowest BCUT2D eigenvalue weighted by molar-refractivity contribution is -0.110. The molecule has 0 unspecified atom stereocenters. The van der Waals surface area contributed by atoms with Gasteiger partial charge in [-0.1, -0.05) is 18.7 Å². The summed E-state index contributed by atoms with van der Waals surface area (Å²) in [7, 11) is 3.40. The highest BCUT2D eigenvalue weighted by atomic mass is 16.5. The van der Waals surface area contributed by atoms with Crippen molar-refractivity contribution in [2.45, 2.75) is 6.92 Å². The first kappa shape index (κ1) is 20.7. The fourth-order valence-electron chi connectivity index (χ4n) is 2.83. The zero-order valence-corrected chi connectivity index (χ0v) is 17.2. The Balaban J connectivity index is 1.87. The smallest absolute Gasteiger partial charge is 0.274 e. The highest BCUT2D eigenvalue weighted by molar-refractivity contribution is 6.47. The highest BCUT2D eigenvalue weighted by Gasteiger charge is 2.16. The van der Waals surface area contributed by atoms with Crippen LogP contribution in [0.4, 0.5) is 5.69 Å². The Labute approximate surface area is 175 Å². The van der Waals surface area contributed by atoms with Crippen molar-refractivity contribution in [3.8, 4) is 17.1 Å². The van der Waals surface area contributed by atoms with Crippen LogP contribution in [0, 0.1) is 0 Å². The quantitative estimate of drug-likeness (QED) is 0.604. The minimum atomic E-state index is -0.386. The van der Waals surface area contributed by atoms with Gasteiger partial charge in [0.05, 0.1) is 24.2 Å². The van der Waals surface area contributed by atoms with Crippen LogP contribution in [0.15, 0.2) is 78.6 Å². The molecule has 0 atom stereocenters. The maximum Gasteiger partial charge on any atom is 0.274 e. The number of allylic oxidation sites excluding steroid dienone is 1. The summed E-state index contributed by atoms with van der Waals surface area (Å²) in [6.07, 6.45) is 6.67. The molecule has 0 saturated heterocycles. The van der Waals surface area contributed by atoms with E-state index in [1.54, 1.807) is 31.2 Å². The lowest BCUT2D eigenvalue weighted by Gasteiger charge is -2.08. The molecule has 1 amide bonds. The number of hydrogen-bond acceptors (Lipinski definition) is 5. The molecule has 0 spiro atoms. The number of hydrogen-bond donors (Lipinski definition) is 1. The molecule has 1 N–H and O–H groups in total. The number of aromatic nitrogens is 3. The van der Waals surface area contributed by atoms with E-state index in [0.29, 0.717) is 22.8 Å². The van der Waals surface area contributed by atoms with E-state index in [1.165, 1.54) is 6.08 Å². The standard InChI is InChI=1S/C23H23N5O2/c1-5-18(16-10-12-17(30-4)13-11-16)25-19(6-2)23(29)26-21-15-28(3)27-22(21)20-9-7-8-14-24-20/h5-15H,2H2,1,3-4H3,(H,26,29)/b18-5-,25-19+. The van der Waals surface area contributed by atoms with Gasteiger partial charge in [-0.3, -0.25) is 14.5 Å². The summed E-state index contributed by atoms with van der Waals surface area (Å²) < 4.78 is 6.81. The van der Waals surface area contributed by atoms with E-state index >= 15 is 0 Å². The fourth-order valence-corrected chi connectivity index (χ4v) is 2.83. The average Bonchev–Trinajstić information content (AvgIpc) is 3.15. The van der Waals surface area contributed by atoms with Crippen LogP contribution in [-0.4, -0.2) is 33.5 Å². The van der Waals surface area contributed by atoms with E-state index in [0.717, 1.165) is 11.3 Å². The van der Waals surface area contributed by atoms with Gasteiger partial charge in [0.1, 0.15) is 17.2 Å². The maximum absolute atomic E-state index is 12.9. The summed E-state index contributed by atoms with van der Waals surface area (Å²) in [4.78, 5) is 21.7. The fraction of sp³-hybridized carbons (Fsp3) is 0.130. The molecule has 0 saturated carbocycles. The molecule has 3 rings (SSSR count). The molecule has 30 heavy (non-hydrogen) atoms. The average molecular weight is 401 g/mol. The van der Waals surface area contributed by atoms with Gasteiger partial charge in [-0.25, -0.2) is 4.99 Å². The van der Waals surface area contributed by atoms with E-state index in [4.69, 9.17) is 4.74 Å². The summed E-state index contributed by atoms with van der Waals surface area (Å²) in [5.41, 5.74) is 3.49. The number of methoxy groups -OCH3 is 1. The number of aryl methyl sites for hydroxylation is 1. The van der Waals surface area contributed by atoms with Crippen molar-refractivity contribution in [1.82, 2.24) is 14.8 Å². The second-order valence-electron chi connectivity index (χ2n) is 6.34. The summed E-state index contributed by atoms with van der Waals surface area (Å²) >= 11 is 0. The number of anilines is 1. The number of ether oxygens (including phenoxy) is 1. The monoisotopic (exact) mass is 401 g/mol. The summed E-state index contributed by atoms with van der Waals surface area (Å²) in [6.45, 7) is 5.61. The van der Waals surface area contributed by atoms with E-state index in [2.05, 4.69) is 27.0 Å². The number of aliphatic imine (C=N–C) groups is 1. The molecular weight excluding hydrogens is 378 g/mol. The van der Waals surface area contributed by atoms with Crippen molar-refractivity contribution in [2.24, 2.45) is 12.0 Å². The Morgan fingerprint density at radius 1 is 1.23 bits per heavy atom. The van der Waals surface area contributed by atoms with Crippen molar-refractivity contribution >= 4 is 23.0 Å². The third-order valence-electron chi connectivity index (χ3n) is 4.31. The van der Waals surface area contributed by atoms with Gasteiger partial charge in [-0.2, -0.15) is 5.10 Å². The number of benzene rings is 1. The minimum Gasteiger partial charge on any atom is -0.497 e. The Morgan fingerprint density at radius 2 is 2.00 bits per heavy atom. The molecule has 2 aromatic heterocycles. The number of carbonyl (C=O) groups is 1. The highest BCUT2D eigenvalue weighted by Crippen LogP contribution is 2.25. The Kier molecular flexibility index (Phi) is 6.54. The zero-order chi connectivity index (χ0) is 21.5. The van der Waals surface area contributed by atoms with Crippen molar-refractivity contribution < 1.29 is 9.53 Å². The minimum absolute atomic E-state index is 0.190. The molecule has 0 aliphatic rings. The molecule has 3 aromatic rings. The number of nitrogens with one attached hydrogen (secondary N) is 1. The first-order valence-electron chi connectivity index (χ1n) is 9.34. The van der Waals surface area contributed by atoms with Crippen LogP contribution in [0.3, 0.4) is 0 Å². The van der Waals surface area contributed by atoms with Gasteiger partial charge in [0.2, 0.25) is 0 Å². The van der Waals surface area contributed by atoms with Crippen LogP contribution in [0.25, 0.3) is 17.1 Å². The van der Waals surface area contributed by atoms with Gasteiger partial charge in [0, 0.05) is 25.0 Å². The molecule has 0 fully saturated rings. The van der Waals surface area contributed by atoms with Crippen LogP contribution in [0.2, 0.25) is 0 Å². The predicted molar refractivity (Wildman–Crippen MR) is 119 cm³/mol. The van der Waals surface area contributed by atoms with Crippen molar-refractivity contribution in [2.75, 3.05) is 12.4 Å². The number of nitrogens with zero attached hydrogens (tertiary/aromatic N) is 4. The van der Waals surface area contributed by atoms with E-state index < -0.39 is 0 Å². The van der Waals surface area contributed by atoms with Gasteiger partial charge in [-0.05, 0) is 49.4 Å². The van der Waals surface area contributed by atoms with Crippen LogP contribution in [-0.2, 0) is 11.8 Å². The van der Waals surface area contributed by atoms with Crippen molar-refractivity contribution in [3.63, 3.8) is 0 Å². The Morgan fingerprint density at radius 3 is 2.60 bits per heavy atom. The molecule has 152 valence electrons. The van der Waals surface area contributed by atoms with Gasteiger partial charge >= 0.3 is 0 Å². The van der Waals surface area contributed by atoms with E-state index in [1.807, 2.05) is 55.5 Å². The third kappa shape index (κ3) is 4.70. The molecule has 0 aliphatic heterocycles. The SMILES string of the molecule is C=C/C(=N\C(=C/C)c1ccc(OC)cc1)C(=O)Nc1cn(C)nc1-c1ccccn1. The summed E-state index contributed by atoms with van der Waals surface area (Å²) in [6, 6.07) is 13.0. The second-order valence-corrected chi connectivity index (χ2v) is 6.34. The first-order valence-corrected chi connectivity index (χ1v) is 9.34. The molecule has 7 nitrogen and oxygen atoms in total. The molecule has 7 heteroatoms. The van der Waals surface area contributed by atoms with Crippen LogP contribution < -0.4 is 10.1 Å². The van der Waals surface area contributed by atoms with E-state index in [-0.39, 0.29) is 11.6 Å². The van der Waals surface area contributed by atoms with Crippen LogP contribution in [0.1, 0.15) is 12.5 Å². The molecule has 0 radical (unpaired) electrons. The van der Waals surface area contributed by atoms with Crippen LogP contribution in [0.5, 0.6) is 5.75 Å². The Bertz CT molecular complexity index is 1100. The van der Waals surface area contributed by atoms with Crippen molar-refractivity contribution in [3.05, 3.63) is 79.2 Å². The van der Waals surface area contributed by atoms with Crippen molar-refractivity contribution in [1.29, 1.82) is 0 Å². The lowest BCUT2D eigenvalue weighted by Crippen LogP contribution is -2.21. The second kappa shape index (κ2) is 9.47. The zero-order valence-electron chi connectivity index (χ0n) is 17.2. The predicted octanol–water partition coefficient (Wildman–Crippen LogP) is 4.12. The first-order chi connectivity index (χ1) is 14.5. The third-order valence-corrected chi connectivity index (χ3v) is 4.31. The Hall–Kier alpha value is -4.00. The normalized spacial score (nSPS) is 11.8. The molecular formula is C23H23N5O2. The molecule has 0 aliphatic carbocycles. The molecule has 0 bridgehead atoms. The summed E-state index contributed by atoms with van der Waals surface area (Å²) in [5.74, 6) is 0.363. The van der Waals surface area contributed by atoms with Gasteiger partial charge in [0.15, 0.2) is 0 Å². The van der Waals surface area contributed by atoms with Gasteiger partial charge < -0.3 is 10.1 Å². The van der Waals surface area contributed by atoms with Crippen LogP contribution >= 0.6 is 0 Å². The summed E-state index contributed by atoms with van der Waals surface area (Å²) in [5, 5.41) is 7.28. The largest absolute Gasteiger partial charge is 0.497 e. The van der Waals surface area contributed by atoms with E-state index in [9.17, 15) is 4.79 Å². The lowest BCUT2D eigenvalue weighted by atomic mass is 10.1. The maximum atomic E-state index is 12.9. The number of carbonyl (C=O) groups excluding carboxylic acids is 1. The van der Waals surface area contributed by atoms with Gasteiger partial charge in [0.25, 0.3) is 5.91 Å². The number of amides is 1. The molecule has 2 heterocycles. The molecule has 1 aromatic carbocycles.